The van der Waals surface area contributed by atoms with Gasteiger partial charge in [-0.1, -0.05) is 19.3 Å². The van der Waals surface area contributed by atoms with E-state index in [4.69, 9.17) is 10.1 Å². The molecule has 1 aliphatic rings. The van der Waals surface area contributed by atoms with Crippen molar-refractivity contribution >= 4 is 34.6 Å². The minimum absolute atomic E-state index is 0.0835. The van der Waals surface area contributed by atoms with Crippen LogP contribution in [0, 0.1) is 17.0 Å². The highest BCUT2D eigenvalue weighted by atomic mass is 32.1. The lowest BCUT2D eigenvalue weighted by atomic mass is 9.96. The van der Waals surface area contributed by atoms with Crippen LogP contribution < -0.4 is 4.80 Å². The molecular formula is C21H22N4O2S2. The van der Waals surface area contributed by atoms with Gasteiger partial charge in [-0.15, -0.1) is 22.7 Å². The number of aryl methyl sites for hydroxylation is 1. The molecule has 2 heterocycles. The molecule has 1 fully saturated rings. The van der Waals surface area contributed by atoms with Crippen molar-refractivity contribution in [2.24, 2.45) is 10.1 Å². The minimum atomic E-state index is -0.382. The van der Waals surface area contributed by atoms with Crippen LogP contribution in [0.15, 0.2) is 51.9 Å². The Labute approximate surface area is 177 Å². The number of thiophene rings is 1. The molecule has 1 saturated carbocycles. The summed E-state index contributed by atoms with van der Waals surface area (Å²) in [4.78, 5) is 18.8. The molecular weight excluding hydrogens is 404 g/mol. The number of rotatable bonds is 5. The molecule has 0 spiro atoms. The molecule has 0 saturated heterocycles. The highest BCUT2D eigenvalue weighted by Crippen LogP contribution is 2.24. The standard InChI is InChI=1S/C21H22N4O2S2/c1-15-7-12-19(29-15)13-22-24-20(16-8-10-18(11-9-16)25(26)27)14-28-21(24)23-17-5-3-2-4-6-17/h7-14,17H,2-6H2,1H3/b22-13+,23-21?. The fourth-order valence-electron chi connectivity index (χ4n) is 3.46. The molecule has 150 valence electrons. The summed E-state index contributed by atoms with van der Waals surface area (Å²) < 4.78 is 1.87. The predicted octanol–water partition coefficient (Wildman–Crippen LogP) is 5.61. The molecule has 1 aliphatic carbocycles. The number of hydrogen-bond donors (Lipinski definition) is 0. The normalized spacial score (nSPS) is 16.0. The molecule has 1 aromatic carbocycles. The van der Waals surface area contributed by atoms with Crippen molar-refractivity contribution < 1.29 is 4.92 Å². The Morgan fingerprint density at radius 1 is 1.14 bits per heavy atom. The van der Waals surface area contributed by atoms with Gasteiger partial charge < -0.3 is 0 Å². The topological polar surface area (TPSA) is 72.8 Å². The van der Waals surface area contributed by atoms with Crippen LogP contribution in [-0.4, -0.2) is 21.9 Å². The van der Waals surface area contributed by atoms with Gasteiger partial charge in [0.05, 0.1) is 22.9 Å². The van der Waals surface area contributed by atoms with Gasteiger partial charge in [-0.3, -0.25) is 15.1 Å². The smallest absolute Gasteiger partial charge is 0.258 e. The van der Waals surface area contributed by atoms with E-state index in [9.17, 15) is 10.1 Å². The van der Waals surface area contributed by atoms with E-state index in [2.05, 4.69) is 19.1 Å². The molecule has 0 unspecified atom stereocenters. The van der Waals surface area contributed by atoms with Gasteiger partial charge in [0.15, 0.2) is 0 Å². The van der Waals surface area contributed by atoms with Crippen LogP contribution in [0.5, 0.6) is 0 Å². The van der Waals surface area contributed by atoms with Crippen molar-refractivity contribution in [1.29, 1.82) is 0 Å². The SMILES string of the molecule is Cc1ccc(/C=N/n2c(-c3ccc([N+](=O)[O-])cc3)csc2=NC2CCCCC2)s1. The second-order valence-electron chi connectivity index (χ2n) is 7.13. The average molecular weight is 427 g/mol. The first-order valence-corrected chi connectivity index (χ1v) is 11.4. The monoisotopic (exact) mass is 426 g/mol. The number of aromatic nitrogens is 1. The minimum Gasteiger partial charge on any atom is -0.258 e. The Morgan fingerprint density at radius 2 is 1.90 bits per heavy atom. The van der Waals surface area contributed by atoms with Gasteiger partial charge in [0, 0.05) is 32.8 Å². The second-order valence-corrected chi connectivity index (χ2v) is 9.29. The number of nitro groups is 1. The van der Waals surface area contributed by atoms with Gasteiger partial charge in [-0.2, -0.15) is 5.10 Å². The lowest BCUT2D eigenvalue weighted by Gasteiger charge is -2.16. The maximum absolute atomic E-state index is 11.0. The fraction of sp³-hybridized carbons (Fsp3) is 0.333. The zero-order valence-corrected chi connectivity index (χ0v) is 17.8. The van der Waals surface area contributed by atoms with Crippen molar-refractivity contribution in [1.82, 2.24) is 4.68 Å². The first kappa shape index (κ1) is 19.7. The van der Waals surface area contributed by atoms with Crippen molar-refractivity contribution in [2.45, 2.75) is 45.1 Å². The number of thiazole rings is 1. The third-order valence-electron chi connectivity index (χ3n) is 4.99. The Kier molecular flexibility index (Phi) is 6.01. The Bertz CT molecular complexity index is 1090. The van der Waals surface area contributed by atoms with E-state index in [1.807, 2.05) is 16.3 Å². The van der Waals surface area contributed by atoms with Crippen LogP contribution in [0.2, 0.25) is 0 Å². The molecule has 0 amide bonds. The van der Waals surface area contributed by atoms with Crippen LogP contribution in [0.3, 0.4) is 0 Å². The quantitative estimate of drug-likeness (QED) is 0.302. The lowest BCUT2D eigenvalue weighted by Crippen LogP contribution is -2.18. The first-order chi connectivity index (χ1) is 14.1. The van der Waals surface area contributed by atoms with Crippen molar-refractivity contribution in [2.75, 3.05) is 0 Å². The molecule has 4 rings (SSSR count). The Balaban J connectivity index is 1.74. The van der Waals surface area contributed by atoms with Gasteiger partial charge >= 0.3 is 0 Å². The summed E-state index contributed by atoms with van der Waals surface area (Å²) in [6.45, 7) is 2.08. The maximum Gasteiger partial charge on any atom is 0.269 e. The highest BCUT2D eigenvalue weighted by molar-refractivity contribution is 7.13. The molecule has 6 nitrogen and oxygen atoms in total. The maximum atomic E-state index is 11.0. The molecule has 0 atom stereocenters. The lowest BCUT2D eigenvalue weighted by molar-refractivity contribution is -0.384. The van der Waals surface area contributed by atoms with E-state index in [0.717, 1.165) is 33.8 Å². The summed E-state index contributed by atoms with van der Waals surface area (Å²) >= 11 is 3.26. The Hall–Kier alpha value is -2.58. The predicted molar refractivity (Wildman–Crippen MR) is 119 cm³/mol. The second kappa shape index (κ2) is 8.84. The van der Waals surface area contributed by atoms with Crippen molar-refractivity contribution in [3.8, 4) is 11.3 Å². The molecule has 0 N–H and O–H groups in total. The molecule has 3 aromatic rings. The fourth-order valence-corrected chi connectivity index (χ4v) is 5.11. The summed E-state index contributed by atoms with van der Waals surface area (Å²) in [5, 5.41) is 17.7. The molecule has 0 bridgehead atoms. The number of nitro benzene ring substituents is 1. The van der Waals surface area contributed by atoms with E-state index in [1.54, 1.807) is 34.8 Å². The Morgan fingerprint density at radius 3 is 2.55 bits per heavy atom. The van der Waals surface area contributed by atoms with Crippen LogP contribution in [0.1, 0.15) is 41.9 Å². The third kappa shape index (κ3) is 4.71. The summed E-state index contributed by atoms with van der Waals surface area (Å²) in [5.74, 6) is 0. The van der Waals surface area contributed by atoms with E-state index >= 15 is 0 Å². The van der Waals surface area contributed by atoms with Gasteiger partial charge in [0.1, 0.15) is 0 Å². The summed E-state index contributed by atoms with van der Waals surface area (Å²) in [7, 11) is 0. The highest BCUT2D eigenvalue weighted by Gasteiger charge is 2.14. The van der Waals surface area contributed by atoms with E-state index in [1.165, 1.54) is 36.3 Å². The number of nitrogens with zero attached hydrogens (tertiary/aromatic N) is 4. The summed E-state index contributed by atoms with van der Waals surface area (Å²) in [6, 6.07) is 11.1. The largest absolute Gasteiger partial charge is 0.269 e. The molecule has 29 heavy (non-hydrogen) atoms. The van der Waals surface area contributed by atoms with Gasteiger partial charge in [0.2, 0.25) is 4.80 Å². The molecule has 0 radical (unpaired) electrons. The van der Waals surface area contributed by atoms with E-state index in [-0.39, 0.29) is 10.6 Å². The van der Waals surface area contributed by atoms with Gasteiger partial charge in [-0.25, -0.2) is 4.68 Å². The number of benzene rings is 1. The number of non-ortho nitro benzene ring substituents is 1. The van der Waals surface area contributed by atoms with Crippen molar-refractivity contribution in [3.63, 3.8) is 0 Å². The number of hydrogen-bond acceptors (Lipinski definition) is 6. The van der Waals surface area contributed by atoms with Crippen molar-refractivity contribution in [3.05, 3.63) is 66.4 Å². The molecule has 0 aliphatic heterocycles. The third-order valence-corrected chi connectivity index (χ3v) is 6.75. The van der Waals surface area contributed by atoms with Gasteiger partial charge in [-0.05, 0) is 44.0 Å². The zero-order valence-electron chi connectivity index (χ0n) is 16.2. The van der Waals surface area contributed by atoms with E-state index < -0.39 is 0 Å². The van der Waals surface area contributed by atoms with Crippen LogP contribution >= 0.6 is 22.7 Å². The van der Waals surface area contributed by atoms with Gasteiger partial charge in [0.25, 0.3) is 5.69 Å². The molecule has 2 aromatic heterocycles. The first-order valence-electron chi connectivity index (χ1n) is 9.70. The van der Waals surface area contributed by atoms with Crippen LogP contribution in [-0.2, 0) is 0 Å². The van der Waals surface area contributed by atoms with E-state index in [0.29, 0.717) is 6.04 Å². The van der Waals surface area contributed by atoms with Crippen LogP contribution in [0.25, 0.3) is 11.3 Å². The zero-order chi connectivity index (χ0) is 20.2. The summed E-state index contributed by atoms with van der Waals surface area (Å²) in [6.07, 6.45) is 7.86. The molecule has 8 heteroatoms. The average Bonchev–Trinajstić information content (AvgIpc) is 3.33. The summed E-state index contributed by atoms with van der Waals surface area (Å²) in [5.41, 5.74) is 1.86. The van der Waals surface area contributed by atoms with Crippen LogP contribution in [0.4, 0.5) is 5.69 Å².